The number of carbonyl (C=O) groups is 1. The largest absolute Gasteiger partial charge is 0.395 e. The normalized spacial score (nSPS) is 14.6. The van der Waals surface area contributed by atoms with Gasteiger partial charge < -0.3 is 14.9 Å². The zero-order valence-electron chi connectivity index (χ0n) is 14.0. The van der Waals surface area contributed by atoms with Crippen molar-refractivity contribution in [2.24, 2.45) is 0 Å². The molecule has 0 aromatic carbocycles. The minimum absolute atomic E-state index is 0.0180. The highest BCUT2D eigenvalue weighted by molar-refractivity contribution is 7.99. The van der Waals surface area contributed by atoms with Crippen LogP contribution in [-0.2, 0) is 16.6 Å². The number of aliphatic hydroxyl groups excluding tert-OH is 1. The lowest BCUT2D eigenvalue weighted by Crippen LogP contribution is -2.41. The summed E-state index contributed by atoms with van der Waals surface area (Å²) in [5.41, 5.74) is -0.133. The van der Waals surface area contributed by atoms with Gasteiger partial charge in [-0.05, 0) is 19.6 Å². The Morgan fingerprint density at radius 3 is 2.64 bits per heavy atom. The molecule has 0 spiro atoms. The molecule has 0 saturated heterocycles. The standard InChI is InChI=1S/C15H27N3O3S/c1-10(11(9-19)22-5)16-12(20)7-6-8-13-17-14(18-21-13)15(2,3)4/h10-11,19H,6-9H2,1-5H3,(H,16,20)/t10-,11+/m1/s1. The second-order valence-electron chi connectivity index (χ2n) is 6.43. The number of amides is 1. The number of aryl methyl sites for hydroxylation is 1. The van der Waals surface area contributed by atoms with E-state index in [-0.39, 0.29) is 29.2 Å². The topological polar surface area (TPSA) is 88.2 Å². The third-order valence-corrected chi connectivity index (χ3v) is 4.53. The fourth-order valence-corrected chi connectivity index (χ4v) is 2.54. The van der Waals surface area contributed by atoms with Gasteiger partial charge in [0.15, 0.2) is 5.82 Å². The summed E-state index contributed by atoms with van der Waals surface area (Å²) in [5.74, 6) is 1.24. The Hall–Kier alpha value is -1.08. The molecule has 1 aromatic heterocycles. The number of aromatic nitrogens is 2. The summed E-state index contributed by atoms with van der Waals surface area (Å²) in [6.07, 6.45) is 3.58. The quantitative estimate of drug-likeness (QED) is 0.757. The summed E-state index contributed by atoms with van der Waals surface area (Å²) in [6, 6.07) is -0.0524. The Morgan fingerprint density at radius 2 is 2.14 bits per heavy atom. The molecule has 6 nitrogen and oxygen atoms in total. The number of hydrogen-bond acceptors (Lipinski definition) is 6. The molecule has 7 heteroatoms. The smallest absolute Gasteiger partial charge is 0.226 e. The van der Waals surface area contributed by atoms with Crippen molar-refractivity contribution in [1.82, 2.24) is 15.5 Å². The van der Waals surface area contributed by atoms with E-state index >= 15 is 0 Å². The van der Waals surface area contributed by atoms with Gasteiger partial charge in [0.1, 0.15) is 0 Å². The van der Waals surface area contributed by atoms with E-state index in [2.05, 4.69) is 15.5 Å². The van der Waals surface area contributed by atoms with Gasteiger partial charge in [0.05, 0.1) is 6.61 Å². The molecule has 0 aliphatic heterocycles. The van der Waals surface area contributed by atoms with Crippen LogP contribution in [0.2, 0.25) is 0 Å². The maximum atomic E-state index is 11.9. The van der Waals surface area contributed by atoms with Crippen LogP contribution in [0, 0.1) is 0 Å². The Balaban J connectivity index is 2.35. The van der Waals surface area contributed by atoms with Crippen molar-refractivity contribution in [3.63, 3.8) is 0 Å². The van der Waals surface area contributed by atoms with Gasteiger partial charge in [-0.2, -0.15) is 16.7 Å². The van der Waals surface area contributed by atoms with Crippen LogP contribution in [0.5, 0.6) is 0 Å². The Kier molecular flexibility index (Phi) is 7.35. The highest BCUT2D eigenvalue weighted by Gasteiger charge is 2.21. The second kappa shape index (κ2) is 8.53. The molecule has 1 rings (SSSR count). The molecule has 1 amide bonds. The number of hydrogen-bond donors (Lipinski definition) is 2. The van der Waals surface area contributed by atoms with Gasteiger partial charge in [0, 0.05) is 29.5 Å². The molecule has 1 heterocycles. The molecule has 1 aromatic rings. The van der Waals surface area contributed by atoms with Crippen molar-refractivity contribution in [3.05, 3.63) is 11.7 Å². The van der Waals surface area contributed by atoms with Gasteiger partial charge in [0.2, 0.25) is 11.8 Å². The van der Waals surface area contributed by atoms with Gasteiger partial charge in [-0.1, -0.05) is 25.9 Å². The number of aliphatic hydroxyl groups is 1. The lowest BCUT2D eigenvalue weighted by Gasteiger charge is -2.21. The van der Waals surface area contributed by atoms with Crippen LogP contribution in [-0.4, -0.2) is 45.3 Å². The molecular formula is C15H27N3O3S. The molecule has 0 aliphatic rings. The predicted octanol–water partition coefficient (Wildman–Crippen LogP) is 1.92. The van der Waals surface area contributed by atoms with E-state index in [4.69, 9.17) is 4.52 Å². The maximum absolute atomic E-state index is 11.9. The average Bonchev–Trinajstić information content (AvgIpc) is 2.88. The number of thioether (sulfide) groups is 1. The van der Waals surface area contributed by atoms with Crippen molar-refractivity contribution in [3.8, 4) is 0 Å². The first kappa shape index (κ1) is 19.0. The number of carbonyl (C=O) groups excluding carboxylic acids is 1. The van der Waals surface area contributed by atoms with Gasteiger partial charge >= 0.3 is 0 Å². The average molecular weight is 329 g/mol. The first-order valence-electron chi connectivity index (χ1n) is 7.54. The zero-order valence-corrected chi connectivity index (χ0v) is 14.9. The number of nitrogens with one attached hydrogen (secondary N) is 1. The summed E-state index contributed by atoms with van der Waals surface area (Å²) in [6.45, 7) is 8.04. The summed E-state index contributed by atoms with van der Waals surface area (Å²) in [5, 5.41) is 16.1. The van der Waals surface area contributed by atoms with Crippen LogP contribution in [0.4, 0.5) is 0 Å². The van der Waals surface area contributed by atoms with Gasteiger partial charge in [-0.25, -0.2) is 0 Å². The van der Waals surface area contributed by atoms with Crippen molar-refractivity contribution in [2.45, 2.75) is 63.7 Å². The van der Waals surface area contributed by atoms with Crippen LogP contribution < -0.4 is 5.32 Å². The molecular weight excluding hydrogens is 302 g/mol. The number of rotatable bonds is 8. The van der Waals surface area contributed by atoms with Crippen LogP contribution in [0.15, 0.2) is 4.52 Å². The highest BCUT2D eigenvalue weighted by Crippen LogP contribution is 2.19. The van der Waals surface area contributed by atoms with Crippen LogP contribution >= 0.6 is 11.8 Å². The predicted molar refractivity (Wildman–Crippen MR) is 87.9 cm³/mol. The number of nitrogens with zero attached hydrogens (tertiary/aromatic N) is 2. The van der Waals surface area contributed by atoms with Crippen LogP contribution in [0.25, 0.3) is 0 Å². The lowest BCUT2D eigenvalue weighted by molar-refractivity contribution is -0.121. The third kappa shape index (κ3) is 5.96. The molecule has 0 unspecified atom stereocenters. The van der Waals surface area contributed by atoms with Crippen molar-refractivity contribution >= 4 is 17.7 Å². The second-order valence-corrected chi connectivity index (χ2v) is 7.51. The highest BCUT2D eigenvalue weighted by atomic mass is 32.2. The SMILES string of the molecule is CS[C@@H](CO)[C@@H](C)NC(=O)CCCc1nc(C(C)(C)C)no1. The molecule has 22 heavy (non-hydrogen) atoms. The van der Waals surface area contributed by atoms with Gasteiger partial charge in [0.25, 0.3) is 0 Å². The molecule has 126 valence electrons. The van der Waals surface area contributed by atoms with E-state index in [1.807, 2.05) is 34.0 Å². The van der Waals surface area contributed by atoms with Gasteiger partial charge in [-0.15, -0.1) is 0 Å². The van der Waals surface area contributed by atoms with Gasteiger partial charge in [-0.3, -0.25) is 4.79 Å². The van der Waals surface area contributed by atoms with E-state index in [1.54, 1.807) is 11.8 Å². The molecule has 0 bridgehead atoms. The summed E-state index contributed by atoms with van der Waals surface area (Å²) < 4.78 is 5.20. The molecule has 0 saturated carbocycles. The van der Waals surface area contributed by atoms with Crippen LogP contribution in [0.3, 0.4) is 0 Å². The summed E-state index contributed by atoms with van der Waals surface area (Å²) >= 11 is 1.55. The zero-order chi connectivity index (χ0) is 16.8. The lowest BCUT2D eigenvalue weighted by atomic mass is 9.96. The molecule has 2 atom stereocenters. The maximum Gasteiger partial charge on any atom is 0.226 e. The van der Waals surface area contributed by atoms with E-state index < -0.39 is 0 Å². The Labute approximate surface area is 136 Å². The van der Waals surface area contributed by atoms with Crippen molar-refractivity contribution < 1.29 is 14.4 Å². The monoisotopic (exact) mass is 329 g/mol. The van der Waals surface area contributed by atoms with Crippen LogP contribution in [0.1, 0.15) is 52.3 Å². The fourth-order valence-electron chi connectivity index (χ4n) is 1.92. The Morgan fingerprint density at radius 1 is 1.45 bits per heavy atom. The third-order valence-electron chi connectivity index (χ3n) is 3.36. The molecule has 0 aliphatic carbocycles. The Bertz CT molecular complexity index is 467. The minimum Gasteiger partial charge on any atom is -0.395 e. The first-order valence-corrected chi connectivity index (χ1v) is 8.82. The molecule has 0 fully saturated rings. The van der Waals surface area contributed by atoms with E-state index in [0.29, 0.717) is 31.0 Å². The fraction of sp³-hybridized carbons (Fsp3) is 0.800. The first-order chi connectivity index (χ1) is 10.3. The summed E-state index contributed by atoms with van der Waals surface area (Å²) in [7, 11) is 0. The van der Waals surface area contributed by atoms with E-state index in [1.165, 1.54) is 0 Å². The minimum atomic E-state index is -0.133. The summed E-state index contributed by atoms with van der Waals surface area (Å²) in [4.78, 5) is 16.2. The van der Waals surface area contributed by atoms with Crippen molar-refractivity contribution in [2.75, 3.05) is 12.9 Å². The molecule has 2 N–H and O–H groups in total. The molecule has 0 radical (unpaired) electrons. The van der Waals surface area contributed by atoms with E-state index in [0.717, 1.165) is 0 Å². The van der Waals surface area contributed by atoms with E-state index in [9.17, 15) is 9.90 Å². The van der Waals surface area contributed by atoms with Crippen molar-refractivity contribution in [1.29, 1.82) is 0 Å².